The lowest BCUT2D eigenvalue weighted by molar-refractivity contribution is -0.0374. The van der Waals surface area contributed by atoms with E-state index < -0.39 is 0 Å². The molecule has 0 fully saturated rings. The number of ether oxygens (including phenoxy) is 4. The van der Waals surface area contributed by atoms with Crippen molar-refractivity contribution in [2.75, 3.05) is 53.4 Å². The molecule has 2 unspecified atom stereocenters. The molecule has 6 nitrogen and oxygen atoms in total. The minimum atomic E-state index is -0.323. The lowest BCUT2D eigenvalue weighted by Crippen LogP contribution is -2.37. The second kappa shape index (κ2) is 12.2. The van der Waals surface area contributed by atoms with E-state index >= 15 is 0 Å². The fraction of sp³-hybridized carbons (Fsp3) is 1.00. The summed E-state index contributed by atoms with van der Waals surface area (Å²) in [7, 11) is 1.63. The summed E-state index contributed by atoms with van der Waals surface area (Å²) in [4.78, 5) is 0. The highest BCUT2D eigenvalue weighted by Gasteiger charge is 2.12. The zero-order valence-electron chi connectivity index (χ0n) is 10.8. The summed E-state index contributed by atoms with van der Waals surface area (Å²) >= 11 is 0. The van der Waals surface area contributed by atoms with Gasteiger partial charge in [-0.3, -0.25) is 0 Å². The molecule has 0 rings (SSSR count). The van der Waals surface area contributed by atoms with E-state index in [1.807, 2.05) is 0 Å². The summed E-state index contributed by atoms with van der Waals surface area (Å²) in [5.41, 5.74) is 5.60. The predicted octanol–water partition coefficient (Wildman–Crippen LogP) is -0.609. The second-order valence-electron chi connectivity index (χ2n) is 3.67. The molecule has 17 heavy (non-hydrogen) atoms. The Morgan fingerprint density at radius 2 is 1.53 bits per heavy atom. The number of methoxy groups -OCH3 is 1. The van der Waals surface area contributed by atoms with Crippen LogP contribution in [0.5, 0.6) is 0 Å². The molecule has 0 radical (unpaired) electrons. The van der Waals surface area contributed by atoms with Crippen molar-refractivity contribution in [3.05, 3.63) is 0 Å². The first kappa shape index (κ1) is 16.8. The van der Waals surface area contributed by atoms with Crippen LogP contribution in [-0.4, -0.2) is 70.6 Å². The lowest BCUT2D eigenvalue weighted by Gasteiger charge is -2.18. The van der Waals surface area contributed by atoms with E-state index in [-0.39, 0.29) is 18.8 Å². The first-order valence-electron chi connectivity index (χ1n) is 5.84. The Labute approximate surface area is 103 Å². The summed E-state index contributed by atoms with van der Waals surface area (Å²) in [5.74, 6) is 0. The van der Waals surface area contributed by atoms with Crippen LogP contribution in [0, 0.1) is 0 Å². The van der Waals surface area contributed by atoms with Crippen molar-refractivity contribution in [2.45, 2.75) is 19.1 Å². The van der Waals surface area contributed by atoms with Crippen molar-refractivity contribution >= 4 is 0 Å². The first-order chi connectivity index (χ1) is 8.22. The molecule has 0 aromatic heterocycles. The van der Waals surface area contributed by atoms with Crippen molar-refractivity contribution in [2.24, 2.45) is 5.73 Å². The summed E-state index contributed by atoms with van der Waals surface area (Å²) in [6.45, 7) is 4.85. The molecular formula is C11H25NO5. The van der Waals surface area contributed by atoms with Gasteiger partial charge < -0.3 is 29.8 Å². The molecule has 0 aliphatic heterocycles. The fourth-order valence-corrected chi connectivity index (χ4v) is 1.09. The second-order valence-corrected chi connectivity index (χ2v) is 3.67. The monoisotopic (exact) mass is 251 g/mol. The van der Waals surface area contributed by atoms with E-state index in [2.05, 4.69) is 0 Å². The highest BCUT2D eigenvalue weighted by atomic mass is 16.6. The molecule has 0 spiro atoms. The van der Waals surface area contributed by atoms with Gasteiger partial charge in [-0.2, -0.15) is 0 Å². The minimum absolute atomic E-state index is 0.0716. The molecule has 0 aromatic rings. The van der Waals surface area contributed by atoms with E-state index in [4.69, 9.17) is 29.8 Å². The van der Waals surface area contributed by atoms with Gasteiger partial charge in [0.1, 0.15) is 0 Å². The molecule has 0 aromatic carbocycles. The van der Waals surface area contributed by atoms with Crippen LogP contribution in [0.3, 0.4) is 0 Å². The Morgan fingerprint density at radius 3 is 2.00 bits per heavy atom. The summed E-state index contributed by atoms with van der Waals surface area (Å²) < 4.78 is 20.6. The molecule has 6 heteroatoms. The van der Waals surface area contributed by atoms with Gasteiger partial charge in [0.15, 0.2) is 0 Å². The van der Waals surface area contributed by atoms with Gasteiger partial charge in [-0.15, -0.1) is 0 Å². The van der Waals surface area contributed by atoms with E-state index in [9.17, 15) is 0 Å². The van der Waals surface area contributed by atoms with E-state index in [0.29, 0.717) is 39.6 Å². The maximum Gasteiger partial charge on any atom is 0.0954 e. The van der Waals surface area contributed by atoms with E-state index in [1.54, 1.807) is 14.0 Å². The van der Waals surface area contributed by atoms with Gasteiger partial charge >= 0.3 is 0 Å². The summed E-state index contributed by atoms with van der Waals surface area (Å²) in [5, 5.41) is 8.94. The van der Waals surface area contributed by atoms with Crippen LogP contribution in [0.4, 0.5) is 0 Å². The Morgan fingerprint density at radius 1 is 1.00 bits per heavy atom. The number of hydrogen-bond acceptors (Lipinski definition) is 6. The molecule has 0 heterocycles. The molecular weight excluding hydrogens is 226 g/mol. The molecule has 3 N–H and O–H groups in total. The van der Waals surface area contributed by atoms with Crippen molar-refractivity contribution in [3.8, 4) is 0 Å². The highest BCUT2D eigenvalue weighted by molar-refractivity contribution is 4.66. The van der Waals surface area contributed by atoms with Gasteiger partial charge in [0.2, 0.25) is 0 Å². The van der Waals surface area contributed by atoms with Crippen LogP contribution >= 0.6 is 0 Å². The van der Waals surface area contributed by atoms with Crippen molar-refractivity contribution in [1.82, 2.24) is 0 Å². The van der Waals surface area contributed by atoms with Crippen molar-refractivity contribution in [1.29, 1.82) is 0 Å². The number of aliphatic hydroxyl groups excluding tert-OH is 1. The van der Waals surface area contributed by atoms with E-state index in [1.165, 1.54) is 0 Å². The molecule has 0 amide bonds. The van der Waals surface area contributed by atoms with Gasteiger partial charge in [-0.1, -0.05) is 0 Å². The third-order valence-corrected chi connectivity index (χ3v) is 2.13. The molecule has 0 saturated heterocycles. The standard InChI is InChI=1S/C11H25NO5/c1-10(12)11(9-13)17-8-7-16-6-5-15-4-3-14-2/h10-11,13H,3-9,12H2,1-2H3. The Hall–Kier alpha value is -0.240. The van der Waals surface area contributed by atoms with Crippen LogP contribution in [0.1, 0.15) is 6.92 Å². The quantitative estimate of drug-likeness (QED) is 0.450. The van der Waals surface area contributed by atoms with Crippen LogP contribution in [0.2, 0.25) is 0 Å². The third kappa shape index (κ3) is 10.6. The topological polar surface area (TPSA) is 83.2 Å². The van der Waals surface area contributed by atoms with Crippen molar-refractivity contribution < 1.29 is 24.1 Å². The average molecular weight is 251 g/mol. The number of nitrogens with two attached hydrogens (primary N) is 1. The van der Waals surface area contributed by atoms with Gasteiger partial charge in [0.25, 0.3) is 0 Å². The number of aliphatic hydroxyl groups is 1. The highest BCUT2D eigenvalue weighted by Crippen LogP contribution is 1.95. The molecule has 104 valence electrons. The predicted molar refractivity (Wildman–Crippen MR) is 64.0 cm³/mol. The van der Waals surface area contributed by atoms with Gasteiger partial charge in [0, 0.05) is 13.2 Å². The van der Waals surface area contributed by atoms with Crippen LogP contribution < -0.4 is 5.73 Å². The Kier molecular flexibility index (Phi) is 12.1. The Balaban J connectivity index is 3.17. The molecule has 0 aliphatic carbocycles. The van der Waals surface area contributed by atoms with Crippen molar-refractivity contribution in [3.63, 3.8) is 0 Å². The van der Waals surface area contributed by atoms with Crippen LogP contribution in [-0.2, 0) is 18.9 Å². The average Bonchev–Trinajstić information content (AvgIpc) is 2.31. The Bertz CT molecular complexity index is 157. The largest absolute Gasteiger partial charge is 0.394 e. The maximum absolute atomic E-state index is 8.94. The van der Waals surface area contributed by atoms with Crippen LogP contribution in [0.25, 0.3) is 0 Å². The number of hydrogen-bond donors (Lipinski definition) is 2. The summed E-state index contributed by atoms with van der Waals surface area (Å²) in [6.07, 6.45) is -0.323. The van der Waals surface area contributed by atoms with Crippen LogP contribution in [0.15, 0.2) is 0 Å². The van der Waals surface area contributed by atoms with Gasteiger partial charge in [0.05, 0.1) is 52.4 Å². The minimum Gasteiger partial charge on any atom is -0.394 e. The fourth-order valence-electron chi connectivity index (χ4n) is 1.09. The molecule has 2 atom stereocenters. The zero-order chi connectivity index (χ0) is 12.9. The zero-order valence-corrected chi connectivity index (χ0v) is 10.8. The van der Waals surface area contributed by atoms with E-state index in [0.717, 1.165) is 0 Å². The smallest absolute Gasteiger partial charge is 0.0954 e. The maximum atomic E-state index is 8.94. The van der Waals surface area contributed by atoms with Gasteiger partial charge in [-0.05, 0) is 6.92 Å². The summed E-state index contributed by atoms with van der Waals surface area (Å²) in [6, 6.07) is -0.183. The SMILES string of the molecule is COCCOCCOCCOC(CO)C(C)N. The van der Waals surface area contributed by atoms with Gasteiger partial charge in [-0.25, -0.2) is 0 Å². The third-order valence-electron chi connectivity index (χ3n) is 2.13. The molecule has 0 bridgehead atoms. The first-order valence-corrected chi connectivity index (χ1v) is 5.84. The normalized spacial score (nSPS) is 14.8. The lowest BCUT2D eigenvalue weighted by atomic mass is 10.2. The molecule has 0 saturated carbocycles. The number of rotatable bonds is 12. The molecule has 0 aliphatic rings.